The van der Waals surface area contributed by atoms with Gasteiger partial charge < -0.3 is 15.8 Å². The van der Waals surface area contributed by atoms with Gasteiger partial charge in [-0.15, -0.1) is 0 Å². The predicted molar refractivity (Wildman–Crippen MR) is 80.4 cm³/mol. The van der Waals surface area contributed by atoms with Gasteiger partial charge in [0.25, 0.3) is 0 Å². The molecule has 2 N–H and O–H groups in total. The molecule has 20 heavy (non-hydrogen) atoms. The lowest BCUT2D eigenvalue weighted by atomic mass is 10.2. The zero-order chi connectivity index (χ0) is 15.1. The molecule has 0 atom stereocenters. The SMILES string of the molecule is Cc1cc(NCCNC(=O)/C=C/C(C)C)cc(C)[n+]1[O-]. The Labute approximate surface area is 120 Å². The molecule has 110 valence electrons. The average molecular weight is 277 g/mol. The molecule has 5 nitrogen and oxygen atoms in total. The van der Waals surface area contributed by atoms with E-state index in [4.69, 9.17) is 0 Å². The molecule has 0 saturated carbocycles. The van der Waals surface area contributed by atoms with E-state index in [1.807, 2.05) is 19.9 Å². The summed E-state index contributed by atoms with van der Waals surface area (Å²) in [5.41, 5.74) is 2.19. The highest BCUT2D eigenvalue weighted by Crippen LogP contribution is 2.08. The summed E-state index contributed by atoms with van der Waals surface area (Å²) >= 11 is 0. The second-order valence-corrected chi connectivity index (χ2v) is 5.14. The Morgan fingerprint density at radius 1 is 1.30 bits per heavy atom. The van der Waals surface area contributed by atoms with Crippen LogP contribution in [0.3, 0.4) is 0 Å². The number of amides is 1. The van der Waals surface area contributed by atoms with Crippen LogP contribution in [0.4, 0.5) is 5.69 Å². The molecule has 0 aliphatic heterocycles. The van der Waals surface area contributed by atoms with Crippen molar-refractivity contribution in [3.8, 4) is 0 Å². The number of nitrogens with one attached hydrogen (secondary N) is 2. The second-order valence-electron chi connectivity index (χ2n) is 5.14. The Hall–Kier alpha value is -2.04. The summed E-state index contributed by atoms with van der Waals surface area (Å²) < 4.78 is 0.893. The van der Waals surface area contributed by atoms with Crippen molar-refractivity contribution in [1.29, 1.82) is 0 Å². The van der Waals surface area contributed by atoms with Gasteiger partial charge in [0.2, 0.25) is 5.91 Å². The van der Waals surface area contributed by atoms with Crippen molar-refractivity contribution in [2.75, 3.05) is 18.4 Å². The first kappa shape index (κ1) is 16.0. The van der Waals surface area contributed by atoms with Gasteiger partial charge in [-0.25, -0.2) is 0 Å². The van der Waals surface area contributed by atoms with Crippen molar-refractivity contribution in [3.05, 3.63) is 40.9 Å². The van der Waals surface area contributed by atoms with E-state index in [2.05, 4.69) is 10.6 Å². The zero-order valence-corrected chi connectivity index (χ0v) is 12.6. The van der Waals surface area contributed by atoms with E-state index in [1.54, 1.807) is 32.1 Å². The Balaban J connectivity index is 2.37. The molecule has 0 unspecified atom stereocenters. The van der Waals surface area contributed by atoms with Gasteiger partial charge in [-0.3, -0.25) is 4.79 Å². The average Bonchev–Trinajstić information content (AvgIpc) is 2.38. The van der Waals surface area contributed by atoms with Crippen LogP contribution in [-0.2, 0) is 4.79 Å². The van der Waals surface area contributed by atoms with Crippen molar-refractivity contribution in [2.24, 2.45) is 5.92 Å². The molecular weight excluding hydrogens is 254 g/mol. The van der Waals surface area contributed by atoms with Crippen LogP contribution >= 0.6 is 0 Å². The number of carbonyl (C=O) groups excluding carboxylic acids is 1. The summed E-state index contributed by atoms with van der Waals surface area (Å²) in [5, 5.41) is 17.5. The Kier molecular flexibility index (Phi) is 6.03. The second kappa shape index (κ2) is 7.53. The van der Waals surface area contributed by atoms with E-state index in [-0.39, 0.29) is 5.91 Å². The largest absolute Gasteiger partial charge is 0.618 e. The van der Waals surface area contributed by atoms with Crippen LogP contribution in [0, 0.1) is 25.0 Å². The van der Waals surface area contributed by atoms with Crippen LogP contribution in [0.15, 0.2) is 24.3 Å². The van der Waals surface area contributed by atoms with Crippen molar-refractivity contribution in [3.63, 3.8) is 0 Å². The fourth-order valence-electron chi connectivity index (χ4n) is 1.72. The number of carbonyl (C=O) groups is 1. The minimum atomic E-state index is -0.0849. The first-order valence-corrected chi connectivity index (χ1v) is 6.81. The number of rotatable bonds is 6. The zero-order valence-electron chi connectivity index (χ0n) is 12.6. The normalized spacial score (nSPS) is 11.1. The molecule has 0 aliphatic rings. The van der Waals surface area contributed by atoms with Crippen LogP contribution in [0.25, 0.3) is 0 Å². The number of hydrogen-bond donors (Lipinski definition) is 2. The van der Waals surface area contributed by atoms with Gasteiger partial charge in [-0.2, -0.15) is 4.73 Å². The first-order valence-electron chi connectivity index (χ1n) is 6.81. The topological polar surface area (TPSA) is 68.1 Å². The smallest absolute Gasteiger partial charge is 0.243 e. The standard InChI is InChI=1S/C15H23N3O2/c1-11(2)5-6-15(19)17-8-7-16-14-9-12(3)18(20)13(4)10-14/h5-6,9-11,16H,7-8H2,1-4H3,(H,17,19)/b6-5+. The molecule has 0 saturated heterocycles. The van der Waals surface area contributed by atoms with Crippen LogP contribution in [0.1, 0.15) is 25.2 Å². The highest BCUT2D eigenvalue weighted by atomic mass is 16.5. The van der Waals surface area contributed by atoms with E-state index in [0.29, 0.717) is 30.4 Å². The maximum atomic E-state index is 11.5. The van der Waals surface area contributed by atoms with Gasteiger partial charge in [0, 0.05) is 44.8 Å². The summed E-state index contributed by atoms with van der Waals surface area (Å²) in [6.07, 6.45) is 3.42. The molecule has 1 aromatic rings. The summed E-state index contributed by atoms with van der Waals surface area (Å²) in [4.78, 5) is 11.4. The maximum Gasteiger partial charge on any atom is 0.243 e. The molecule has 1 aromatic heterocycles. The van der Waals surface area contributed by atoms with Gasteiger partial charge in [-0.1, -0.05) is 19.9 Å². The third-order valence-corrected chi connectivity index (χ3v) is 2.76. The van der Waals surface area contributed by atoms with Crippen molar-refractivity contribution in [2.45, 2.75) is 27.7 Å². The highest BCUT2D eigenvalue weighted by Gasteiger charge is 2.06. The van der Waals surface area contributed by atoms with Crippen LogP contribution < -0.4 is 15.4 Å². The molecule has 1 rings (SSSR count). The van der Waals surface area contributed by atoms with Crippen LogP contribution in [-0.4, -0.2) is 19.0 Å². The van der Waals surface area contributed by atoms with Gasteiger partial charge >= 0.3 is 0 Å². The molecule has 0 bridgehead atoms. The van der Waals surface area contributed by atoms with E-state index in [1.165, 1.54) is 0 Å². The number of anilines is 1. The molecular formula is C15H23N3O2. The minimum Gasteiger partial charge on any atom is -0.618 e. The summed E-state index contributed by atoms with van der Waals surface area (Å²) in [6.45, 7) is 8.73. The van der Waals surface area contributed by atoms with Crippen molar-refractivity contribution in [1.82, 2.24) is 5.32 Å². The van der Waals surface area contributed by atoms with E-state index >= 15 is 0 Å². The molecule has 5 heteroatoms. The van der Waals surface area contributed by atoms with Crippen LogP contribution in [0.5, 0.6) is 0 Å². The van der Waals surface area contributed by atoms with Crippen LogP contribution in [0.2, 0.25) is 0 Å². The molecule has 0 aromatic carbocycles. The summed E-state index contributed by atoms with van der Waals surface area (Å²) in [6, 6.07) is 3.58. The molecule has 0 aliphatic carbocycles. The third-order valence-electron chi connectivity index (χ3n) is 2.76. The Bertz CT molecular complexity index is 473. The minimum absolute atomic E-state index is 0.0849. The predicted octanol–water partition coefficient (Wildman–Crippen LogP) is 1.68. The molecule has 1 heterocycles. The van der Waals surface area contributed by atoms with Crippen molar-refractivity contribution < 1.29 is 9.52 Å². The number of nitrogens with zero attached hydrogens (tertiary/aromatic N) is 1. The first-order chi connectivity index (χ1) is 9.40. The lowest BCUT2D eigenvalue weighted by Crippen LogP contribution is -2.34. The quantitative estimate of drug-likeness (QED) is 0.360. The van der Waals surface area contributed by atoms with E-state index in [0.717, 1.165) is 10.4 Å². The summed E-state index contributed by atoms with van der Waals surface area (Å²) in [5.74, 6) is 0.284. The van der Waals surface area contributed by atoms with Gasteiger partial charge in [0.1, 0.15) is 0 Å². The fraction of sp³-hybridized carbons (Fsp3) is 0.467. The monoisotopic (exact) mass is 277 g/mol. The summed E-state index contributed by atoms with van der Waals surface area (Å²) in [7, 11) is 0. The molecule has 0 spiro atoms. The third kappa shape index (κ3) is 5.30. The van der Waals surface area contributed by atoms with Gasteiger partial charge in [0.05, 0.1) is 0 Å². The number of allylic oxidation sites excluding steroid dienone is 1. The molecule has 0 fully saturated rings. The number of aromatic nitrogens is 1. The van der Waals surface area contributed by atoms with Crippen molar-refractivity contribution >= 4 is 11.6 Å². The maximum absolute atomic E-state index is 11.5. The van der Waals surface area contributed by atoms with E-state index in [9.17, 15) is 10.0 Å². The highest BCUT2D eigenvalue weighted by molar-refractivity contribution is 5.87. The van der Waals surface area contributed by atoms with Gasteiger partial charge in [-0.05, 0) is 12.0 Å². The van der Waals surface area contributed by atoms with Gasteiger partial charge in [0.15, 0.2) is 11.4 Å². The van der Waals surface area contributed by atoms with E-state index < -0.39 is 0 Å². The lowest BCUT2D eigenvalue weighted by molar-refractivity contribution is -0.618. The number of aryl methyl sites for hydroxylation is 2. The Morgan fingerprint density at radius 2 is 1.90 bits per heavy atom. The number of pyridine rings is 1. The number of hydrogen-bond acceptors (Lipinski definition) is 3. The lowest BCUT2D eigenvalue weighted by Gasteiger charge is -2.10. The fourth-order valence-corrected chi connectivity index (χ4v) is 1.72. The Morgan fingerprint density at radius 3 is 2.45 bits per heavy atom. The molecule has 1 amide bonds. The molecule has 0 radical (unpaired) electrons.